The number of amides is 4. The number of nitrogens with zero attached hydrogens (tertiary/aromatic N) is 3. The van der Waals surface area contributed by atoms with Crippen molar-refractivity contribution >= 4 is 46.3 Å². The minimum absolute atomic E-state index is 0.0241. The Morgan fingerprint density at radius 1 is 0.871 bits per heavy atom. The van der Waals surface area contributed by atoms with E-state index in [-0.39, 0.29) is 51.8 Å². The highest BCUT2D eigenvalue weighted by molar-refractivity contribution is 7.13. The lowest BCUT2D eigenvalue weighted by Gasteiger charge is -2.35. The lowest BCUT2D eigenvalue weighted by atomic mass is 9.85. The summed E-state index contributed by atoms with van der Waals surface area (Å²) in [5.74, 6) is 5.30. The predicted molar refractivity (Wildman–Crippen MR) is 274 cm³/mol. The van der Waals surface area contributed by atoms with E-state index in [9.17, 15) is 24.3 Å². The molecule has 1 fully saturated rings. The van der Waals surface area contributed by atoms with Crippen molar-refractivity contribution in [2.24, 2.45) is 5.41 Å². The van der Waals surface area contributed by atoms with E-state index in [0.717, 1.165) is 39.2 Å². The Balaban J connectivity index is 0.871. The summed E-state index contributed by atoms with van der Waals surface area (Å²) in [4.78, 5) is 61.2. The monoisotopic (exact) mass is 967 g/mol. The minimum atomic E-state index is -0.977. The second-order valence-electron chi connectivity index (χ2n) is 18.2. The van der Waals surface area contributed by atoms with Crippen molar-refractivity contribution in [1.29, 1.82) is 0 Å². The second-order valence-corrected chi connectivity index (χ2v) is 19.1. The van der Waals surface area contributed by atoms with Crippen LogP contribution in [0, 0.1) is 24.2 Å². The van der Waals surface area contributed by atoms with Crippen molar-refractivity contribution < 1.29 is 38.5 Å². The lowest BCUT2D eigenvalue weighted by Crippen LogP contribution is -2.58. The molecule has 3 atom stereocenters. The maximum Gasteiger partial charge on any atom is 0.409 e. The number of rotatable bonds is 20. The zero-order chi connectivity index (χ0) is 50.0. The van der Waals surface area contributed by atoms with Crippen LogP contribution in [0.1, 0.15) is 81.3 Å². The van der Waals surface area contributed by atoms with Crippen LogP contribution in [0.5, 0.6) is 5.75 Å². The van der Waals surface area contributed by atoms with Crippen molar-refractivity contribution in [3.05, 3.63) is 143 Å². The third-order valence-electron chi connectivity index (χ3n) is 11.9. The van der Waals surface area contributed by atoms with Gasteiger partial charge in [0.05, 0.1) is 35.3 Å². The summed E-state index contributed by atoms with van der Waals surface area (Å²) in [6.45, 7) is 10.4. The molecule has 1 aromatic heterocycles. The van der Waals surface area contributed by atoms with Gasteiger partial charge in [0.15, 0.2) is 0 Å². The molecule has 5 aromatic rings. The number of likely N-dealkylation sites (tertiary alicyclic amines) is 1. The summed E-state index contributed by atoms with van der Waals surface area (Å²) in [6, 6.07) is 34.9. The first kappa shape index (κ1) is 52.6. The number of ether oxygens (including phenoxy) is 3. The van der Waals surface area contributed by atoms with Gasteiger partial charge < -0.3 is 39.8 Å². The molecule has 6 rings (SSSR count). The molecule has 1 saturated heterocycles. The van der Waals surface area contributed by atoms with Crippen LogP contribution in [0.4, 0.5) is 4.79 Å². The molecule has 2 heterocycles. The van der Waals surface area contributed by atoms with Gasteiger partial charge in [0, 0.05) is 39.4 Å². The van der Waals surface area contributed by atoms with Gasteiger partial charge in [-0.3, -0.25) is 14.4 Å². The van der Waals surface area contributed by atoms with E-state index in [2.05, 4.69) is 95.0 Å². The van der Waals surface area contributed by atoms with Gasteiger partial charge in [-0.25, -0.2) is 9.78 Å². The van der Waals surface area contributed by atoms with Crippen molar-refractivity contribution in [2.45, 2.75) is 85.0 Å². The van der Waals surface area contributed by atoms with Gasteiger partial charge in [0.1, 0.15) is 37.7 Å². The number of likely N-dealkylation sites (N-methyl/N-ethyl adjacent to an activating group) is 1. The average Bonchev–Trinajstić information content (AvgIpc) is 3.98. The standard InChI is InChI=1S/C56H65N5O8S/c1-7-47(41-18-12-10-13-19-41)50(42-20-14-11-15-21-42)43-26-28-46(29-27-43)68-33-30-60(6)55(66)69-32-17-9-8-16-31-67-37-49(63)59-52(56(3,4)5)54(65)61-36-45(62)34-48(61)53(64)57-35-40-22-24-44(25-23-40)51-39(2)58-38-70-51/h10-15,18-29,38,45,48,52,62H,7,16-17,30-37H2,1-6H3,(H,57,64)(H,59,63)/b50-47-/t45-,48+,52-/m1/s1. The Kier molecular flexibility index (Phi) is 19.3. The zero-order valence-electron chi connectivity index (χ0n) is 41.0. The van der Waals surface area contributed by atoms with Gasteiger partial charge in [-0.05, 0) is 69.9 Å². The number of aromatic nitrogens is 1. The fraction of sp³-hybridized carbons (Fsp3) is 0.375. The molecule has 0 unspecified atom stereocenters. The third kappa shape index (κ3) is 14.9. The number of benzene rings is 4. The van der Waals surface area contributed by atoms with E-state index in [1.165, 1.54) is 26.5 Å². The number of hydrogen-bond donors (Lipinski definition) is 3. The van der Waals surface area contributed by atoms with Crippen LogP contribution >= 0.6 is 11.3 Å². The van der Waals surface area contributed by atoms with Crippen molar-refractivity contribution in [1.82, 2.24) is 25.4 Å². The fourth-order valence-corrected chi connectivity index (χ4v) is 8.95. The normalized spacial score (nSPS) is 15.2. The smallest absolute Gasteiger partial charge is 0.409 e. The molecule has 70 heavy (non-hydrogen) atoms. The van der Waals surface area contributed by atoms with Crippen molar-refractivity contribution in [3.8, 4) is 28.0 Å². The van der Waals surface area contributed by atoms with Gasteiger partial charge in [-0.1, -0.05) is 131 Å². The molecule has 0 bridgehead atoms. The van der Waals surface area contributed by atoms with E-state index in [0.29, 0.717) is 25.1 Å². The van der Waals surface area contributed by atoms with Gasteiger partial charge >= 0.3 is 6.09 Å². The van der Waals surface area contributed by atoms with Crippen molar-refractivity contribution in [2.75, 3.05) is 46.6 Å². The summed E-state index contributed by atoms with van der Waals surface area (Å²) in [7, 11) is 1.65. The van der Waals surface area contributed by atoms with Crippen molar-refractivity contribution in [3.63, 3.8) is 0 Å². The summed E-state index contributed by atoms with van der Waals surface area (Å²) in [5, 5.41) is 16.3. The topological polar surface area (TPSA) is 160 Å². The number of carbonyl (C=O) groups excluding carboxylic acids is 4. The Bertz CT molecular complexity index is 2600. The Morgan fingerprint density at radius 3 is 2.14 bits per heavy atom. The van der Waals surface area contributed by atoms with Gasteiger partial charge in [0.25, 0.3) is 0 Å². The molecule has 14 heteroatoms. The molecular formula is C56H65N5O8S. The third-order valence-corrected chi connectivity index (χ3v) is 12.9. The molecular weight excluding hydrogens is 903 g/mol. The largest absolute Gasteiger partial charge is 0.492 e. The Morgan fingerprint density at radius 2 is 1.51 bits per heavy atom. The zero-order valence-corrected chi connectivity index (χ0v) is 41.9. The molecule has 0 saturated carbocycles. The number of carbonyl (C=O) groups is 4. The average molecular weight is 968 g/mol. The van der Waals surface area contributed by atoms with Crippen LogP contribution in [0.3, 0.4) is 0 Å². The van der Waals surface area contributed by atoms with Crippen LogP contribution in [-0.4, -0.2) is 108 Å². The Labute approximate surface area is 416 Å². The summed E-state index contributed by atoms with van der Waals surface area (Å²) < 4.78 is 16.9. The summed E-state index contributed by atoms with van der Waals surface area (Å²) in [5.41, 5.74) is 9.87. The van der Waals surface area contributed by atoms with Gasteiger partial charge in [-0.2, -0.15) is 0 Å². The van der Waals surface area contributed by atoms with Gasteiger partial charge in [-0.15, -0.1) is 17.3 Å². The first-order valence-corrected chi connectivity index (χ1v) is 24.6. The number of allylic oxidation sites excluding steroid dienone is 1. The van der Waals surface area contributed by atoms with Crippen LogP contribution in [0.15, 0.2) is 115 Å². The minimum Gasteiger partial charge on any atom is -0.492 e. The number of β-amino-alcohol motifs (C(OH)–C–C–N with tert-alkyl or cyclic N) is 1. The molecule has 368 valence electrons. The lowest BCUT2D eigenvalue weighted by molar-refractivity contribution is -0.144. The Hall–Kier alpha value is -6.79. The van der Waals surface area contributed by atoms with E-state index in [1.54, 1.807) is 18.4 Å². The highest BCUT2D eigenvalue weighted by Gasteiger charge is 2.44. The molecule has 0 aliphatic carbocycles. The molecule has 4 aromatic carbocycles. The number of thiazole rings is 1. The molecule has 0 radical (unpaired) electrons. The first-order valence-electron chi connectivity index (χ1n) is 23.8. The van der Waals surface area contributed by atoms with Crippen LogP contribution < -0.4 is 15.4 Å². The number of aliphatic hydroxyl groups excluding tert-OH is 1. The van der Waals surface area contributed by atoms with Gasteiger partial charge in [0.2, 0.25) is 17.7 Å². The van der Waals surface area contributed by atoms with E-state index in [4.69, 9.17) is 14.2 Å². The molecule has 13 nitrogen and oxygen atoms in total. The van der Waals surface area contributed by atoms with Crippen LogP contribution in [0.2, 0.25) is 0 Å². The molecule has 0 spiro atoms. The number of hydrogen-bond acceptors (Lipinski definition) is 10. The van der Waals surface area contributed by atoms with E-state index < -0.39 is 41.5 Å². The predicted octanol–water partition coefficient (Wildman–Crippen LogP) is 8.54. The summed E-state index contributed by atoms with van der Waals surface area (Å²) >= 11 is 1.57. The van der Waals surface area contributed by atoms with Crippen LogP contribution in [-0.2, 0) is 30.4 Å². The number of aliphatic hydroxyl groups is 1. The van der Waals surface area contributed by atoms with E-state index in [1.807, 2.05) is 81.7 Å². The molecule has 1 aliphatic heterocycles. The molecule has 3 N–H and O–H groups in total. The highest BCUT2D eigenvalue weighted by atomic mass is 32.1. The second kappa shape index (κ2) is 25.7. The summed E-state index contributed by atoms with van der Waals surface area (Å²) in [6.07, 6.45) is 0.274. The fourth-order valence-electron chi connectivity index (χ4n) is 8.14. The maximum atomic E-state index is 14.0. The van der Waals surface area contributed by atoms with Crippen LogP contribution in [0.25, 0.3) is 21.6 Å². The SMILES string of the molecule is CC/C(=C(\c1ccccc1)c1ccc(OCCN(C)C(=O)OCCC#CCCOCC(=O)N[C@H](C(=O)N2C[C@H](O)C[C@H]2C(=O)NCc2ccc(-c3scnc3C)cc2)C(C)(C)C)cc1)c1ccccc1. The quantitative estimate of drug-likeness (QED) is 0.0395. The maximum absolute atomic E-state index is 14.0. The van der Waals surface area contributed by atoms with E-state index >= 15 is 0 Å². The number of aryl methyl sites for hydroxylation is 1. The number of nitrogens with one attached hydrogen (secondary N) is 2. The highest BCUT2D eigenvalue weighted by Crippen LogP contribution is 2.35. The molecule has 1 aliphatic rings. The molecule has 4 amide bonds. The first-order chi connectivity index (χ1) is 33.7.